The minimum absolute atomic E-state index is 0.477. The third kappa shape index (κ3) is 5.99. The van der Waals surface area contributed by atoms with Gasteiger partial charge in [0.15, 0.2) is 5.11 Å². The molecule has 0 atom stereocenters. The number of nitrogens with one attached hydrogen (secondary N) is 3. The Balaban J connectivity index is 1.36. The van der Waals surface area contributed by atoms with Crippen LogP contribution in [0.3, 0.4) is 0 Å². The summed E-state index contributed by atoms with van der Waals surface area (Å²) in [4.78, 5) is 1.66. The highest BCUT2D eigenvalue weighted by Crippen LogP contribution is 2.09. The van der Waals surface area contributed by atoms with Crippen molar-refractivity contribution < 1.29 is 4.90 Å². The van der Waals surface area contributed by atoms with Crippen molar-refractivity contribution in [1.82, 2.24) is 10.6 Å². The molecule has 132 valence electrons. The summed E-state index contributed by atoms with van der Waals surface area (Å²) in [5.41, 5.74) is 2.60. The van der Waals surface area contributed by atoms with E-state index in [0.717, 1.165) is 36.1 Å². The van der Waals surface area contributed by atoms with Gasteiger partial charge in [0.25, 0.3) is 0 Å². The molecule has 5 heteroatoms. The number of likely N-dealkylation sites (tertiary alicyclic amines) is 1. The number of benzene rings is 2. The Morgan fingerprint density at radius 3 is 2.36 bits per heavy atom. The lowest BCUT2D eigenvalue weighted by Crippen LogP contribution is -3.12. The smallest absolute Gasteiger partial charge is 0.166 e. The molecule has 25 heavy (non-hydrogen) atoms. The van der Waals surface area contributed by atoms with Gasteiger partial charge in [-0.2, -0.15) is 0 Å². The van der Waals surface area contributed by atoms with E-state index in [0.29, 0.717) is 6.04 Å². The van der Waals surface area contributed by atoms with Crippen molar-refractivity contribution in [1.29, 1.82) is 0 Å². The van der Waals surface area contributed by atoms with Crippen LogP contribution < -0.4 is 15.5 Å². The first-order valence-electron chi connectivity index (χ1n) is 8.85. The molecule has 1 aliphatic rings. The lowest BCUT2D eigenvalue weighted by molar-refractivity contribution is -0.918. The Morgan fingerprint density at radius 2 is 1.68 bits per heavy atom. The molecule has 3 nitrogen and oxygen atoms in total. The molecule has 0 spiro atoms. The summed E-state index contributed by atoms with van der Waals surface area (Å²) in [6.07, 6.45) is 2.32. The molecule has 2 aromatic rings. The van der Waals surface area contributed by atoms with Gasteiger partial charge in [-0.1, -0.05) is 54.1 Å². The fourth-order valence-corrected chi connectivity index (χ4v) is 3.62. The fraction of sp³-hybridized carbons (Fsp3) is 0.350. The van der Waals surface area contributed by atoms with Crippen molar-refractivity contribution in [3.8, 4) is 0 Å². The zero-order chi connectivity index (χ0) is 17.5. The van der Waals surface area contributed by atoms with Gasteiger partial charge in [0.05, 0.1) is 13.1 Å². The van der Waals surface area contributed by atoms with Gasteiger partial charge >= 0.3 is 0 Å². The number of hydrogen-bond donors (Lipinski definition) is 3. The van der Waals surface area contributed by atoms with E-state index >= 15 is 0 Å². The molecule has 2 aromatic carbocycles. The van der Waals surface area contributed by atoms with Crippen LogP contribution in [0, 0.1) is 0 Å². The molecular formula is C20H25ClN3S+. The van der Waals surface area contributed by atoms with Gasteiger partial charge in [-0.3, -0.25) is 0 Å². The Bertz CT molecular complexity index is 667. The Morgan fingerprint density at radius 1 is 1.00 bits per heavy atom. The summed E-state index contributed by atoms with van der Waals surface area (Å²) in [6, 6.07) is 19.1. The molecule has 0 saturated carbocycles. The van der Waals surface area contributed by atoms with Crippen molar-refractivity contribution >= 4 is 28.9 Å². The molecule has 1 aliphatic heterocycles. The Kier molecular flexibility index (Phi) is 6.68. The maximum atomic E-state index is 5.91. The summed E-state index contributed by atoms with van der Waals surface area (Å²) in [5, 5.41) is 8.25. The first-order valence-corrected chi connectivity index (χ1v) is 9.64. The van der Waals surface area contributed by atoms with Crippen LogP contribution in [0.1, 0.15) is 24.0 Å². The van der Waals surface area contributed by atoms with Gasteiger partial charge in [-0.05, 0) is 29.9 Å². The topological polar surface area (TPSA) is 28.5 Å². The number of piperidine rings is 1. The third-order valence-corrected chi connectivity index (χ3v) is 5.21. The van der Waals surface area contributed by atoms with Gasteiger partial charge in [-0.25, -0.2) is 0 Å². The molecule has 0 aromatic heterocycles. The largest absolute Gasteiger partial charge is 0.360 e. The van der Waals surface area contributed by atoms with Crippen molar-refractivity contribution in [3.63, 3.8) is 0 Å². The lowest BCUT2D eigenvalue weighted by Gasteiger charge is -2.30. The first-order chi connectivity index (χ1) is 12.2. The van der Waals surface area contributed by atoms with E-state index in [-0.39, 0.29) is 0 Å². The molecule has 0 unspecified atom stereocenters. The molecule has 0 amide bonds. The van der Waals surface area contributed by atoms with E-state index in [9.17, 15) is 0 Å². The van der Waals surface area contributed by atoms with E-state index in [1.54, 1.807) is 4.90 Å². The first kappa shape index (κ1) is 18.2. The predicted octanol–water partition coefficient (Wildman–Crippen LogP) is 2.55. The van der Waals surface area contributed by atoms with Crippen LogP contribution >= 0.6 is 23.8 Å². The number of halogens is 1. The Hall–Kier alpha value is -1.62. The molecule has 0 radical (unpaired) electrons. The summed E-state index contributed by atoms with van der Waals surface area (Å²) in [6.45, 7) is 4.21. The number of quaternary nitrogens is 1. The highest BCUT2D eigenvalue weighted by atomic mass is 35.5. The monoisotopic (exact) mass is 374 g/mol. The van der Waals surface area contributed by atoms with Crippen molar-refractivity contribution in [2.24, 2.45) is 0 Å². The van der Waals surface area contributed by atoms with Gasteiger partial charge in [-0.15, -0.1) is 0 Å². The molecule has 0 bridgehead atoms. The molecular weight excluding hydrogens is 350 g/mol. The number of thiocarbonyl (C=S) groups is 1. The van der Waals surface area contributed by atoms with Crippen LogP contribution in [0.4, 0.5) is 0 Å². The predicted molar refractivity (Wildman–Crippen MR) is 108 cm³/mol. The lowest BCUT2D eigenvalue weighted by atomic mass is 10.0. The molecule has 1 heterocycles. The fourth-order valence-electron chi connectivity index (χ4n) is 3.25. The van der Waals surface area contributed by atoms with Crippen LogP contribution in [0.2, 0.25) is 5.02 Å². The number of rotatable bonds is 5. The summed E-state index contributed by atoms with van der Waals surface area (Å²) in [5.74, 6) is 0. The maximum Gasteiger partial charge on any atom is 0.166 e. The summed E-state index contributed by atoms with van der Waals surface area (Å²) >= 11 is 11.3. The highest BCUT2D eigenvalue weighted by Gasteiger charge is 2.22. The minimum Gasteiger partial charge on any atom is -0.360 e. The second-order valence-electron chi connectivity index (χ2n) is 6.64. The molecule has 0 aliphatic carbocycles. The maximum absolute atomic E-state index is 5.91. The van der Waals surface area contributed by atoms with Crippen molar-refractivity contribution in [2.45, 2.75) is 32.0 Å². The highest BCUT2D eigenvalue weighted by molar-refractivity contribution is 7.80. The van der Waals surface area contributed by atoms with Crippen LogP contribution in [-0.2, 0) is 13.1 Å². The molecule has 3 N–H and O–H groups in total. The van der Waals surface area contributed by atoms with Gasteiger partial charge in [0, 0.05) is 36.0 Å². The van der Waals surface area contributed by atoms with Gasteiger partial charge in [0.1, 0.15) is 6.54 Å². The summed E-state index contributed by atoms with van der Waals surface area (Å²) < 4.78 is 0. The second kappa shape index (κ2) is 9.18. The molecule has 3 rings (SSSR count). The van der Waals surface area contributed by atoms with E-state index in [1.165, 1.54) is 24.2 Å². The van der Waals surface area contributed by atoms with Crippen molar-refractivity contribution in [2.75, 3.05) is 13.1 Å². The zero-order valence-electron chi connectivity index (χ0n) is 14.3. The average molecular weight is 375 g/mol. The standard InChI is InChI=1S/C20H24ClN3S/c21-18-8-6-16(7-9-18)14-22-20(25)23-19-10-12-24(13-11-19)15-17-4-2-1-3-5-17/h1-9,19H,10-15H2,(H2,22,23,25)/p+1. The van der Waals surface area contributed by atoms with Crippen LogP contribution in [0.5, 0.6) is 0 Å². The third-order valence-electron chi connectivity index (χ3n) is 4.69. The second-order valence-corrected chi connectivity index (χ2v) is 7.48. The number of hydrogen-bond acceptors (Lipinski definition) is 1. The molecule has 1 saturated heterocycles. The van der Waals surface area contributed by atoms with Crippen LogP contribution in [0.25, 0.3) is 0 Å². The average Bonchev–Trinajstić information content (AvgIpc) is 2.64. The SMILES string of the molecule is S=C(NCc1ccc(Cl)cc1)NC1CC[NH+](Cc2ccccc2)CC1. The van der Waals surface area contributed by atoms with E-state index in [2.05, 4.69) is 41.0 Å². The minimum atomic E-state index is 0.477. The van der Waals surface area contributed by atoms with Crippen LogP contribution in [0.15, 0.2) is 54.6 Å². The van der Waals surface area contributed by atoms with Crippen LogP contribution in [-0.4, -0.2) is 24.2 Å². The summed E-state index contributed by atoms with van der Waals surface area (Å²) in [7, 11) is 0. The Labute approximate surface area is 160 Å². The zero-order valence-corrected chi connectivity index (χ0v) is 15.9. The van der Waals surface area contributed by atoms with E-state index in [1.807, 2.05) is 24.3 Å². The molecule has 1 fully saturated rings. The van der Waals surface area contributed by atoms with E-state index in [4.69, 9.17) is 23.8 Å². The normalized spacial score (nSPS) is 20.0. The van der Waals surface area contributed by atoms with Gasteiger partial charge in [0.2, 0.25) is 0 Å². The quantitative estimate of drug-likeness (QED) is 0.702. The van der Waals surface area contributed by atoms with Crippen molar-refractivity contribution in [3.05, 3.63) is 70.7 Å². The van der Waals surface area contributed by atoms with E-state index < -0.39 is 0 Å². The van der Waals surface area contributed by atoms with Gasteiger partial charge < -0.3 is 15.5 Å².